The van der Waals surface area contributed by atoms with Gasteiger partial charge in [-0.2, -0.15) is 0 Å². The van der Waals surface area contributed by atoms with Crippen molar-refractivity contribution in [3.63, 3.8) is 0 Å². The van der Waals surface area contributed by atoms with Crippen LogP contribution in [0.4, 0.5) is 0 Å². The van der Waals surface area contributed by atoms with Gasteiger partial charge in [0.2, 0.25) is 0 Å². The molecule has 17 heavy (non-hydrogen) atoms. The Morgan fingerprint density at radius 3 is 3.12 bits per heavy atom. The number of nitrogens with two attached hydrogens (primary N) is 1. The van der Waals surface area contributed by atoms with Crippen LogP contribution in [0.25, 0.3) is 11.3 Å². The first-order valence-electron chi connectivity index (χ1n) is 5.76. The largest absolute Gasteiger partial charge is 0.330 e. The lowest BCUT2D eigenvalue weighted by atomic mass is 10.1. The fourth-order valence-electron chi connectivity index (χ4n) is 2.21. The average molecular weight is 309 g/mol. The fraction of sp³-hybridized carbons (Fsp3) is 0.308. The average Bonchev–Trinajstić information content (AvgIpc) is 2.85. The zero-order valence-electron chi connectivity index (χ0n) is 9.37. The number of aryl methyl sites for hydroxylation is 1. The van der Waals surface area contributed by atoms with Gasteiger partial charge in [-0.3, -0.25) is 0 Å². The number of hydrogen-bond donors (Lipinski definition) is 1. The second-order valence-electron chi connectivity index (χ2n) is 4.21. The number of fused-ring (bicyclic) bond motifs is 3. The van der Waals surface area contributed by atoms with Crippen LogP contribution < -0.4 is 5.73 Å². The number of nitrogens with zero attached hydrogens (tertiary/aromatic N) is 1. The summed E-state index contributed by atoms with van der Waals surface area (Å²) in [6, 6.07) is 6.35. The SMILES string of the molecule is NCCCc1nc2c(s1)Cc1c(Br)cccc1-2. The molecule has 2 nitrogen and oxygen atoms in total. The third kappa shape index (κ3) is 1.94. The highest BCUT2D eigenvalue weighted by molar-refractivity contribution is 9.10. The Balaban J connectivity index is 1.98. The van der Waals surface area contributed by atoms with E-state index in [4.69, 9.17) is 10.7 Å². The van der Waals surface area contributed by atoms with E-state index in [0.29, 0.717) is 0 Å². The Morgan fingerprint density at radius 1 is 1.41 bits per heavy atom. The molecule has 4 heteroatoms. The highest BCUT2D eigenvalue weighted by Gasteiger charge is 2.24. The van der Waals surface area contributed by atoms with E-state index >= 15 is 0 Å². The van der Waals surface area contributed by atoms with Crippen molar-refractivity contribution >= 4 is 27.3 Å². The second kappa shape index (κ2) is 4.52. The van der Waals surface area contributed by atoms with Gasteiger partial charge in [0.1, 0.15) is 0 Å². The van der Waals surface area contributed by atoms with Crippen LogP contribution in [0, 0.1) is 0 Å². The molecule has 0 saturated heterocycles. The van der Waals surface area contributed by atoms with Gasteiger partial charge >= 0.3 is 0 Å². The van der Waals surface area contributed by atoms with Gasteiger partial charge in [-0.25, -0.2) is 4.98 Å². The third-order valence-corrected chi connectivity index (χ3v) is 4.91. The van der Waals surface area contributed by atoms with E-state index in [9.17, 15) is 0 Å². The summed E-state index contributed by atoms with van der Waals surface area (Å²) in [4.78, 5) is 6.15. The van der Waals surface area contributed by atoms with Crippen molar-refractivity contribution in [2.24, 2.45) is 5.73 Å². The van der Waals surface area contributed by atoms with Gasteiger partial charge in [-0.05, 0) is 24.6 Å². The molecule has 2 N–H and O–H groups in total. The number of rotatable bonds is 3. The van der Waals surface area contributed by atoms with Gasteiger partial charge < -0.3 is 5.73 Å². The molecule has 0 spiro atoms. The van der Waals surface area contributed by atoms with Crippen molar-refractivity contribution in [1.82, 2.24) is 4.98 Å². The van der Waals surface area contributed by atoms with Crippen LogP contribution in [0.15, 0.2) is 22.7 Å². The maximum atomic E-state index is 5.53. The van der Waals surface area contributed by atoms with E-state index in [0.717, 1.165) is 25.8 Å². The Kier molecular flexibility index (Phi) is 3.03. The Morgan fingerprint density at radius 2 is 2.29 bits per heavy atom. The van der Waals surface area contributed by atoms with Crippen molar-refractivity contribution in [1.29, 1.82) is 0 Å². The molecule has 3 rings (SSSR count). The molecule has 1 heterocycles. The number of aromatic nitrogens is 1. The molecule has 0 aliphatic heterocycles. The molecule has 2 aromatic rings. The Labute approximate surface area is 113 Å². The topological polar surface area (TPSA) is 38.9 Å². The summed E-state index contributed by atoms with van der Waals surface area (Å²) in [6.45, 7) is 0.742. The molecular formula is C13H13BrN2S. The molecule has 0 bridgehead atoms. The van der Waals surface area contributed by atoms with Gasteiger partial charge in [-0.1, -0.05) is 28.1 Å². The highest BCUT2D eigenvalue weighted by atomic mass is 79.9. The number of benzene rings is 1. The molecule has 0 amide bonds. The van der Waals surface area contributed by atoms with E-state index < -0.39 is 0 Å². The zero-order valence-corrected chi connectivity index (χ0v) is 11.8. The van der Waals surface area contributed by atoms with Crippen molar-refractivity contribution in [2.75, 3.05) is 6.54 Å². The molecule has 0 saturated carbocycles. The van der Waals surface area contributed by atoms with Gasteiger partial charge in [0.15, 0.2) is 0 Å². The van der Waals surface area contributed by atoms with E-state index in [-0.39, 0.29) is 0 Å². The molecule has 1 aromatic heterocycles. The molecule has 1 aliphatic carbocycles. The molecular weight excluding hydrogens is 296 g/mol. The zero-order chi connectivity index (χ0) is 11.8. The molecule has 0 fully saturated rings. The minimum Gasteiger partial charge on any atom is -0.330 e. The molecule has 1 aliphatic rings. The van der Waals surface area contributed by atoms with Crippen LogP contribution in [0.1, 0.15) is 21.9 Å². The summed E-state index contributed by atoms with van der Waals surface area (Å²) >= 11 is 5.45. The summed E-state index contributed by atoms with van der Waals surface area (Å²) in [6.07, 6.45) is 3.06. The van der Waals surface area contributed by atoms with Crippen LogP contribution in [0.3, 0.4) is 0 Å². The van der Waals surface area contributed by atoms with Crippen molar-refractivity contribution in [2.45, 2.75) is 19.3 Å². The van der Waals surface area contributed by atoms with Crippen molar-refractivity contribution < 1.29 is 0 Å². The third-order valence-electron chi connectivity index (χ3n) is 3.05. The van der Waals surface area contributed by atoms with E-state index in [1.165, 1.54) is 31.2 Å². The Bertz CT molecular complexity index is 563. The predicted molar refractivity (Wildman–Crippen MR) is 75.4 cm³/mol. The van der Waals surface area contributed by atoms with Crippen LogP contribution >= 0.6 is 27.3 Å². The lowest BCUT2D eigenvalue weighted by Gasteiger charge is -2.01. The van der Waals surface area contributed by atoms with E-state index in [1.54, 1.807) is 0 Å². The first-order valence-corrected chi connectivity index (χ1v) is 7.37. The molecule has 0 radical (unpaired) electrons. The predicted octanol–water partition coefficient (Wildman–Crippen LogP) is 3.37. The minimum atomic E-state index is 0.742. The smallest absolute Gasteiger partial charge is 0.0936 e. The first-order chi connectivity index (χ1) is 8.29. The molecule has 1 aromatic carbocycles. The molecule has 0 atom stereocenters. The van der Waals surface area contributed by atoms with Gasteiger partial charge in [0.05, 0.1) is 10.7 Å². The maximum Gasteiger partial charge on any atom is 0.0936 e. The van der Waals surface area contributed by atoms with Gasteiger partial charge in [0.25, 0.3) is 0 Å². The standard InChI is InChI=1S/C13H13BrN2S/c14-10-4-1-3-8-9(10)7-11-13(8)16-12(17-11)5-2-6-15/h1,3-4H,2,5-7,15H2. The van der Waals surface area contributed by atoms with E-state index in [2.05, 4.69) is 34.1 Å². The van der Waals surface area contributed by atoms with Crippen molar-refractivity contribution in [3.05, 3.63) is 38.1 Å². The Hall–Kier alpha value is -0.710. The minimum absolute atomic E-state index is 0.742. The quantitative estimate of drug-likeness (QED) is 0.805. The van der Waals surface area contributed by atoms with Crippen LogP contribution in [0.5, 0.6) is 0 Å². The highest BCUT2D eigenvalue weighted by Crippen LogP contribution is 2.42. The van der Waals surface area contributed by atoms with Gasteiger partial charge in [-0.15, -0.1) is 11.3 Å². The lowest BCUT2D eigenvalue weighted by molar-refractivity contribution is 0.827. The number of thiazole rings is 1. The summed E-state index contributed by atoms with van der Waals surface area (Å²) in [5, 5.41) is 1.23. The maximum absolute atomic E-state index is 5.53. The number of halogens is 1. The van der Waals surface area contributed by atoms with Gasteiger partial charge in [0, 0.05) is 27.8 Å². The molecule has 0 unspecified atom stereocenters. The van der Waals surface area contributed by atoms with Crippen LogP contribution in [-0.4, -0.2) is 11.5 Å². The summed E-state index contributed by atoms with van der Waals surface area (Å²) in [5.74, 6) is 0. The lowest BCUT2D eigenvalue weighted by Crippen LogP contribution is -2.00. The van der Waals surface area contributed by atoms with Crippen LogP contribution in [0.2, 0.25) is 0 Å². The fourth-order valence-corrected chi connectivity index (χ4v) is 3.85. The first kappa shape index (κ1) is 11.4. The number of hydrogen-bond acceptors (Lipinski definition) is 3. The van der Waals surface area contributed by atoms with Crippen molar-refractivity contribution in [3.8, 4) is 11.3 Å². The molecule has 88 valence electrons. The monoisotopic (exact) mass is 308 g/mol. The summed E-state index contributed by atoms with van der Waals surface area (Å²) in [5.41, 5.74) is 9.40. The summed E-state index contributed by atoms with van der Waals surface area (Å²) in [7, 11) is 0. The second-order valence-corrected chi connectivity index (χ2v) is 6.24. The van der Waals surface area contributed by atoms with E-state index in [1.807, 2.05) is 11.3 Å². The van der Waals surface area contributed by atoms with Crippen LogP contribution in [-0.2, 0) is 12.8 Å². The normalized spacial score (nSPS) is 12.6. The summed E-state index contributed by atoms with van der Waals surface area (Å²) < 4.78 is 1.20.